The molecule has 1 aliphatic heterocycles. The van der Waals surface area contributed by atoms with Gasteiger partial charge in [-0.3, -0.25) is 0 Å². The number of methoxy groups -OCH3 is 1. The van der Waals surface area contributed by atoms with E-state index in [1.54, 1.807) is 53.8 Å². The summed E-state index contributed by atoms with van der Waals surface area (Å²) in [5.41, 5.74) is 2.31. The van der Waals surface area contributed by atoms with Gasteiger partial charge in [0.2, 0.25) is 5.95 Å². The highest BCUT2D eigenvalue weighted by molar-refractivity contribution is 6.08. The first-order chi connectivity index (χ1) is 16.7. The average molecular weight is 499 g/mol. The zero-order chi connectivity index (χ0) is 26.8. The molecule has 0 saturated heterocycles. The molecule has 2 aromatic rings. The molecule has 194 valence electrons. The molecule has 0 atom stereocenters. The van der Waals surface area contributed by atoms with Crippen LogP contribution in [0.5, 0.6) is 0 Å². The maximum atomic E-state index is 12.9. The Labute approximate surface area is 211 Å². The lowest BCUT2D eigenvalue weighted by atomic mass is 10.0. The number of carbonyl (C=O) groups is 3. The maximum absolute atomic E-state index is 12.9. The van der Waals surface area contributed by atoms with E-state index in [2.05, 4.69) is 14.9 Å². The minimum atomic E-state index is -0.913. The second kappa shape index (κ2) is 10.1. The van der Waals surface area contributed by atoms with Gasteiger partial charge in [0.15, 0.2) is 0 Å². The van der Waals surface area contributed by atoms with Crippen LogP contribution in [0.3, 0.4) is 0 Å². The molecule has 0 N–H and O–H groups in total. The number of benzene rings is 1. The van der Waals surface area contributed by atoms with Crippen molar-refractivity contribution in [3.8, 4) is 0 Å². The van der Waals surface area contributed by atoms with E-state index in [4.69, 9.17) is 14.2 Å². The van der Waals surface area contributed by atoms with E-state index in [0.717, 1.165) is 27.4 Å². The molecule has 2 amide bonds. The zero-order valence-corrected chi connectivity index (χ0v) is 22.2. The van der Waals surface area contributed by atoms with Crippen molar-refractivity contribution in [1.82, 2.24) is 9.97 Å². The van der Waals surface area contributed by atoms with Crippen LogP contribution in [-0.2, 0) is 27.2 Å². The summed E-state index contributed by atoms with van der Waals surface area (Å²) in [6.45, 7) is 13.3. The van der Waals surface area contributed by atoms with Crippen LogP contribution in [0.4, 0.5) is 21.2 Å². The predicted octanol–water partition coefficient (Wildman–Crippen LogP) is 4.81. The summed E-state index contributed by atoms with van der Waals surface area (Å²) in [5, 5.41) is 0. The Morgan fingerprint density at radius 1 is 1.00 bits per heavy atom. The van der Waals surface area contributed by atoms with Gasteiger partial charge in [0, 0.05) is 37.0 Å². The molecule has 2 heterocycles. The molecule has 1 aliphatic rings. The number of hydrogen-bond acceptors (Lipinski definition) is 9. The van der Waals surface area contributed by atoms with Gasteiger partial charge in [0.1, 0.15) is 11.2 Å². The number of imide groups is 1. The summed E-state index contributed by atoms with van der Waals surface area (Å²) in [6.07, 6.45) is 0.322. The van der Waals surface area contributed by atoms with Gasteiger partial charge >= 0.3 is 18.2 Å². The molecule has 0 bridgehead atoms. The Kier molecular flexibility index (Phi) is 7.56. The van der Waals surface area contributed by atoms with Crippen molar-refractivity contribution in [2.75, 3.05) is 23.5 Å². The number of amides is 2. The van der Waals surface area contributed by atoms with Crippen molar-refractivity contribution in [3.63, 3.8) is 0 Å². The maximum Gasteiger partial charge on any atom is 0.427 e. The standard InChI is InChI=1S/C26H34N4O6/c1-16-9-10-17(21(31)34-8)13-20(16)29-12-11-19-18(15-29)14-27-22(28-19)30(23(32)35-25(2,3)4)24(33)36-26(5,6)7/h9-10,13-14H,11-12,15H2,1-8H3. The molecule has 0 spiro atoms. The van der Waals surface area contributed by atoms with Gasteiger partial charge in [0.25, 0.3) is 0 Å². The smallest absolute Gasteiger partial charge is 0.427 e. The van der Waals surface area contributed by atoms with Crippen molar-refractivity contribution in [2.24, 2.45) is 0 Å². The van der Waals surface area contributed by atoms with Crippen LogP contribution < -0.4 is 9.80 Å². The number of ether oxygens (including phenoxy) is 3. The van der Waals surface area contributed by atoms with Crippen molar-refractivity contribution in [1.29, 1.82) is 0 Å². The summed E-state index contributed by atoms with van der Waals surface area (Å²) >= 11 is 0. The third kappa shape index (κ3) is 6.50. The van der Waals surface area contributed by atoms with Crippen LogP contribution in [0, 0.1) is 6.92 Å². The quantitative estimate of drug-likeness (QED) is 0.435. The molecular formula is C26H34N4O6. The fourth-order valence-corrected chi connectivity index (χ4v) is 3.67. The van der Waals surface area contributed by atoms with Crippen molar-refractivity contribution in [3.05, 3.63) is 46.8 Å². The third-order valence-electron chi connectivity index (χ3n) is 5.24. The monoisotopic (exact) mass is 498 g/mol. The van der Waals surface area contributed by atoms with E-state index >= 15 is 0 Å². The topological polar surface area (TPSA) is 111 Å². The number of nitrogens with zero attached hydrogens (tertiary/aromatic N) is 4. The second-order valence-corrected chi connectivity index (χ2v) is 10.6. The molecule has 1 aromatic heterocycles. The molecule has 0 fully saturated rings. The first-order valence-electron chi connectivity index (χ1n) is 11.7. The summed E-state index contributed by atoms with van der Waals surface area (Å²) in [7, 11) is 1.35. The lowest BCUT2D eigenvalue weighted by Crippen LogP contribution is -2.45. The van der Waals surface area contributed by atoms with Gasteiger partial charge in [-0.1, -0.05) is 6.07 Å². The van der Waals surface area contributed by atoms with Crippen LogP contribution in [-0.4, -0.2) is 53.0 Å². The minimum absolute atomic E-state index is 0.102. The number of rotatable bonds is 3. The Bertz CT molecular complexity index is 1140. The lowest BCUT2D eigenvalue weighted by Gasteiger charge is -2.32. The number of aromatic nitrogens is 2. The molecule has 0 saturated carbocycles. The second-order valence-electron chi connectivity index (χ2n) is 10.6. The highest BCUT2D eigenvalue weighted by Gasteiger charge is 2.35. The van der Waals surface area contributed by atoms with Crippen molar-refractivity contribution >= 4 is 29.8 Å². The van der Waals surface area contributed by atoms with Gasteiger partial charge < -0.3 is 19.1 Å². The van der Waals surface area contributed by atoms with E-state index in [-0.39, 0.29) is 5.95 Å². The molecule has 10 heteroatoms. The summed E-state index contributed by atoms with van der Waals surface area (Å²) < 4.78 is 15.7. The average Bonchev–Trinajstić information content (AvgIpc) is 2.76. The minimum Gasteiger partial charge on any atom is -0.465 e. The fraction of sp³-hybridized carbons (Fsp3) is 0.500. The lowest BCUT2D eigenvalue weighted by molar-refractivity contribution is 0.0426. The Hall–Kier alpha value is -3.69. The molecule has 1 aromatic carbocycles. The highest BCUT2D eigenvalue weighted by atomic mass is 16.6. The van der Waals surface area contributed by atoms with Gasteiger partial charge in [-0.05, 0) is 66.2 Å². The number of carbonyl (C=O) groups excluding carboxylic acids is 3. The normalized spacial score (nSPS) is 13.5. The largest absolute Gasteiger partial charge is 0.465 e. The van der Waals surface area contributed by atoms with Gasteiger partial charge in [-0.2, -0.15) is 0 Å². The van der Waals surface area contributed by atoms with E-state index < -0.39 is 29.4 Å². The first kappa shape index (κ1) is 26.9. The number of anilines is 2. The molecule has 10 nitrogen and oxygen atoms in total. The fourth-order valence-electron chi connectivity index (χ4n) is 3.67. The number of fused-ring (bicyclic) bond motifs is 1. The van der Waals surface area contributed by atoms with Crippen LogP contribution in [0.15, 0.2) is 24.4 Å². The summed E-state index contributed by atoms with van der Waals surface area (Å²) in [4.78, 5) is 49.6. The van der Waals surface area contributed by atoms with E-state index in [9.17, 15) is 14.4 Å². The van der Waals surface area contributed by atoms with E-state index in [1.165, 1.54) is 7.11 Å². The van der Waals surface area contributed by atoms with Gasteiger partial charge in [-0.15, -0.1) is 4.90 Å². The number of aryl methyl sites for hydroxylation is 1. The Morgan fingerprint density at radius 2 is 1.61 bits per heavy atom. The SMILES string of the molecule is COC(=O)c1ccc(C)c(N2CCc3nc(N(C(=O)OC(C)(C)C)C(=O)OC(C)(C)C)ncc3C2)c1. The van der Waals surface area contributed by atoms with Gasteiger partial charge in [0.05, 0.1) is 18.4 Å². The molecular weight excluding hydrogens is 464 g/mol. The Balaban J connectivity index is 1.91. The Morgan fingerprint density at radius 3 is 2.17 bits per heavy atom. The van der Waals surface area contributed by atoms with Crippen LogP contribution in [0.25, 0.3) is 0 Å². The number of hydrogen-bond donors (Lipinski definition) is 0. The van der Waals surface area contributed by atoms with Crippen LogP contribution >= 0.6 is 0 Å². The van der Waals surface area contributed by atoms with E-state index in [0.29, 0.717) is 25.1 Å². The molecule has 0 aliphatic carbocycles. The first-order valence-corrected chi connectivity index (χ1v) is 11.7. The van der Waals surface area contributed by atoms with Crippen molar-refractivity contribution < 1.29 is 28.6 Å². The third-order valence-corrected chi connectivity index (χ3v) is 5.24. The van der Waals surface area contributed by atoms with Crippen LogP contribution in [0.1, 0.15) is 68.7 Å². The number of esters is 1. The van der Waals surface area contributed by atoms with Gasteiger partial charge in [-0.25, -0.2) is 24.4 Å². The summed E-state index contributed by atoms with van der Waals surface area (Å²) in [6, 6.07) is 5.43. The predicted molar refractivity (Wildman–Crippen MR) is 134 cm³/mol. The van der Waals surface area contributed by atoms with E-state index in [1.807, 2.05) is 19.1 Å². The molecule has 3 rings (SSSR count). The molecule has 0 unspecified atom stereocenters. The zero-order valence-electron chi connectivity index (χ0n) is 22.2. The molecule has 0 radical (unpaired) electrons. The molecule has 36 heavy (non-hydrogen) atoms. The summed E-state index contributed by atoms with van der Waals surface area (Å²) in [5.74, 6) is -0.499. The van der Waals surface area contributed by atoms with Crippen LogP contribution in [0.2, 0.25) is 0 Å². The van der Waals surface area contributed by atoms with Crippen molar-refractivity contribution in [2.45, 2.75) is 72.6 Å². The highest BCUT2D eigenvalue weighted by Crippen LogP contribution is 2.29.